The molecule has 1 rings (SSSR count). The van der Waals surface area contributed by atoms with Crippen molar-refractivity contribution in [2.75, 3.05) is 19.7 Å². The Labute approximate surface area is 134 Å². The zero-order chi connectivity index (χ0) is 17.0. The Balaban J connectivity index is 2.44. The van der Waals surface area contributed by atoms with Crippen LogP contribution in [0.3, 0.4) is 0 Å². The first kappa shape index (κ1) is 18.7. The lowest BCUT2D eigenvalue weighted by molar-refractivity contribution is -0.138. The molecular weight excluding hydrogens is 298 g/mol. The summed E-state index contributed by atoms with van der Waals surface area (Å²) in [7, 11) is -1.19. The zero-order valence-electron chi connectivity index (χ0n) is 14.7. The maximum Gasteiger partial charge on any atom is 0.410 e. The summed E-state index contributed by atoms with van der Waals surface area (Å²) >= 11 is 0. The molecule has 0 radical (unpaired) electrons. The molecule has 0 aromatic heterocycles. The number of amides is 1. The Bertz CT molecular complexity index is 446. The second kappa shape index (κ2) is 7.31. The highest BCUT2D eigenvalue weighted by molar-refractivity contribution is 6.76. The summed E-state index contributed by atoms with van der Waals surface area (Å²) in [6, 6.07) is 0.968. The summed E-state index contributed by atoms with van der Waals surface area (Å²) in [6.07, 6.45) is 1.95. The Morgan fingerprint density at radius 2 is 1.91 bits per heavy atom. The van der Waals surface area contributed by atoms with Crippen LogP contribution < -0.4 is 0 Å². The van der Waals surface area contributed by atoms with Gasteiger partial charge in [-0.25, -0.2) is 9.59 Å². The summed E-state index contributed by atoms with van der Waals surface area (Å²) in [5.41, 5.74) is 0.159. The first-order valence-corrected chi connectivity index (χ1v) is 11.5. The van der Waals surface area contributed by atoms with Gasteiger partial charge in [0, 0.05) is 26.7 Å². The van der Waals surface area contributed by atoms with Crippen LogP contribution in [0.1, 0.15) is 27.2 Å². The third-order valence-corrected chi connectivity index (χ3v) is 4.91. The second-order valence-corrected chi connectivity index (χ2v) is 13.5. The molecule has 0 atom stereocenters. The molecule has 0 aromatic rings. The highest BCUT2D eigenvalue weighted by Crippen LogP contribution is 2.17. The summed E-state index contributed by atoms with van der Waals surface area (Å²) in [5.74, 6) is -0.248. The fourth-order valence-electron chi connectivity index (χ4n) is 1.89. The summed E-state index contributed by atoms with van der Waals surface area (Å²) < 4.78 is 10.6. The van der Waals surface area contributed by atoms with Crippen molar-refractivity contribution >= 4 is 20.1 Å². The van der Waals surface area contributed by atoms with Crippen LogP contribution in [0.2, 0.25) is 25.7 Å². The van der Waals surface area contributed by atoms with Gasteiger partial charge in [0.25, 0.3) is 0 Å². The molecule has 0 aromatic carbocycles. The number of rotatable bonds is 4. The maximum atomic E-state index is 12.0. The van der Waals surface area contributed by atoms with Crippen molar-refractivity contribution in [1.82, 2.24) is 4.90 Å². The minimum Gasteiger partial charge on any atom is -0.463 e. The van der Waals surface area contributed by atoms with E-state index in [2.05, 4.69) is 19.6 Å². The number of esters is 1. The second-order valence-electron chi connectivity index (χ2n) is 7.85. The van der Waals surface area contributed by atoms with Crippen LogP contribution in [-0.4, -0.2) is 50.3 Å². The standard InChI is InChI=1S/C16H29NO4Si/c1-16(2,3)21-15(19)17-9-7-13(8-10-17)14(18)20-11-12-22(4,5)6/h7H,8-12H2,1-6H3. The normalized spacial score (nSPS) is 16.1. The van der Waals surface area contributed by atoms with Gasteiger partial charge in [-0.05, 0) is 33.2 Å². The van der Waals surface area contributed by atoms with Crippen molar-refractivity contribution in [3.8, 4) is 0 Å². The van der Waals surface area contributed by atoms with Gasteiger partial charge in [0.05, 0.1) is 6.61 Å². The minimum absolute atomic E-state index is 0.248. The lowest BCUT2D eigenvalue weighted by Gasteiger charge is -2.29. The Morgan fingerprint density at radius 3 is 2.36 bits per heavy atom. The smallest absolute Gasteiger partial charge is 0.410 e. The molecule has 5 nitrogen and oxygen atoms in total. The van der Waals surface area contributed by atoms with E-state index in [1.54, 1.807) is 11.0 Å². The van der Waals surface area contributed by atoms with Crippen molar-refractivity contribution in [2.45, 2.75) is 58.5 Å². The largest absolute Gasteiger partial charge is 0.463 e. The summed E-state index contributed by atoms with van der Waals surface area (Å²) in [5, 5.41) is 0. The lowest BCUT2D eigenvalue weighted by Crippen LogP contribution is -2.39. The Morgan fingerprint density at radius 1 is 1.27 bits per heavy atom. The van der Waals surface area contributed by atoms with Gasteiger partial charge in [-0.3, -0.25) is 0 Å². The Hall–Kier alpha value is -1.30. The van der Waals surface area contributed by atoms with Crippen molar-refractivity contribution in [1.29, 1.82) is 0 Å². The first-order valence-electron chi connectivity index (χ1n) is 7.82. The van der Waals surface area contributed by atoms with E-state index in [0.717, 1.165) is 6.04 Å². The molecule has 0 spiro atoms. The fraction of sp³-hybridized carbons (Fsp3) is 0.750. The molecule has 6 heteroatoms. The van der Waals surface area contributed by atoms with E-state index < -0.39 is 13.7 Å². The monoisotopic (exact) mass is 327 g/mol. The SMILES string of the molecule is CC(C)(C)OC(=O)N1CC=C(C(=O)OCC[Si](C)(C)C)CC1. The number of hydrogen-bond donors (Lipinski definition) is 0. The predicted octanol–water partition coefficient (Wildman–Crippen LogP) is 3.44. The zero-order valence-corrected chi connectivity index (χ0v) is 15.7. The van der Waals surface area contributed by atoms with Gasteiger partial charge in [-0.2, -0.15) is 0 Å². The van der Waals surface area contributed by atoms with Crippen LogP contribution in [-0.2, 0) is 14.3 Å². The van der Waals surface area contributed by atoms with Crippen molar-refractivity contribution in [2.24, 2.45) is 0 Å². The van der Waals surface area contributed by atoms with E-state index >= 15 is 0 Å². The van der Waals surface area contributed by atoms with Gasteiger partial charge in [0.1, 0.15) is 5.60 Å². The molecule has 1 amide bonds. The van der Waals surface area contributed by atoms with Gasteiger partial charge in [0.2, 0.25) is 0 Å². The van der Waals surface area contributed by atoms with Crippen LogP contribution in [0.15, 0.2) is 11.6 Å². The molecule has 0 saturated carbocycles. The minimum atomic E-state index is -1.19. The molecular formula is C16H29NO4Si. The van der Waals surface area contributed by atoms with Gasteiger partial charge in [0.15, 0.2) is 0 Å². The van der Waals surface area contributed by atoms with Crippen molar-refractivity contribution in [3.63, 3.8) is 0 Å². The molecule has 0 bridgehead atoms. The molecule has 1 heterocycles. The van der Waals surface area contributed by atoms with Gasteiger partial charge >= 0.3 is 12.1 Å². The highest BCUT2D eigenvalue weighted by atomic mass is 28.3. The van der Waals surface area contributed by atoms with E-state index in [1.807, 2.05) is 20.8 Å². The highest BCUT2D eigenvalue weighted by Gasteiger charge is 2.25. The number of carbonyl (C=O) groups excluding carboxylic acids is 2. The van der Waals surface area contributed by atoms with Gasteiger partial charge in [-0.1, -0.05) is 25.7 Å². The van der Waals surface area contributed by atoms with E-state index in [9.17, 15) is 9.59 Å². The average Bonchev–Trinajstić information content (AvgIpc) is 2.35. The number of hydrogen-bond acceptors (Lipinski definition) is 4. The molecule has 126 valence electrons. The van der Waals surface area contributed by atoms with Crippen molar-refractivity contribution < 1.29 is 19.1 Å². The molecule has 1 aliphatic rings. The quantitative estimate of drug-likeness (QED) is 0.586. The van der Waals surface area contributed by atoms with Crippen LogP contribution in [0.5, 0.6) is 0 Å². The molecule has 0 unspecified atom stereocenters. The van der Waals surface area contributed by atoms with Crippen molar-refractivity contribution in [3.05, 3.63) is 11.6 Å². The maximum absolute atomic E-state index is 12.0. The summed E-state index contributed by atoms with van der Waals surface area (Å²) in [6.45, 7) is 13.6. The average molecular weight is 327 g/mol. The molecule has 0 fully saturated rings. The van der Waals surface area contributed by atoms with E-state index in [1.165, 1.54) is 0 Å². The topological polar surface area (TPSA) is 55.8 Å². The van der Waals surface area contributed by atoms with Crippen LogP contribution in [0.4, 0.5) is 4.79 Å². The van der Waals surface area contributed by atoms with E-state index in [-0.39, 0.29) is 12.1 Å². The number of ether oxygens (including phenoxy) is 2. The van der Waals surface area contributed by atoms with Crippen LogP contribution in [0.25, 0.3) is 0 Å². The third kappa shape index (κ3) is 7.11. The van der Waals surface area contributed by atoms with Gasteiger partial charge in [-0.15, -0.1) is 0 Å². The summed E-state index contributed by atoms with van der Waals surface area (Å²) in [4.78, 5) is 25.5. The third-order valence-electron chi connectivity index (χ3n) is 3.21. The number of nitrogens with zero attached hydrogens (tertiary/aromatic N) is 1. The lowest BCUT2D eigenvalue weighted by atomic mass is 10.1. The molecule has 22 heavy (non-hydrogen) atoms. The first-order chi connectivity index (χ1) is 9.98. The molecule has 1 aliphatic heterocycles. The molecule has 0 aliphatic carbocycles. The Kier molecular flexibility index (Phi) is 6.23. The van der Waals surface area contributed by atoms with E-state index in [0.29, 0.717) is 31.7 Å². The van der Waals surface area contributed by atoms with Gasteiger partial charge < -0.3 is 14.4 Å². The number of carbonyl (C=O) groups is 2. The van der Waals surface area contributed by atoms with Crippen LogP contribution >= 0.6 is 0 Å². The van der Waals surface area contributed by atoms with E-state index in [4.69, 9.17) is 9.47 Å². The molecule has 0 saturated heterocycles. The predicted molar refractivity (Wildman–Crippen MR) is 89.6 cm³/mol. The fourth-order valence-corrected chi connectivity index (χ4v) is 2.60. The van der Waals surface area contributed by atoms with Crippen LogP contribution in [0, 0.1) is 0 Å². The molecule has 0 N–H and O–H groups in total.